The van der Waals surface area contributed by atoms with Crippen molar-refractivity contribution in [2.24, 2.45) is 47.3 Å². The molecule has 0 spiro atoms. The maximum Gasteiger partial charge on any atom is 0.161 e. The molecule has 9 rings (SSSR count). The van der Waals surface area contributed by atoms with Gasteiger partial charge in [0.2, 0.25) is 0 Å². The van der Waals surface area contributed by atoms with E-state index < -0.39 is 0 Å². The first-order valence-corrected chi connectivity index (χ1v) is 12.2. The van der Waals surface area contributed by atoms with Crippen molar-refractivity contribution in [2.45, 2.75) is 76.0 Å². The van der Waals surface area contributed by atoms with E-state index in [9.17, 15) is 10.2 Å². The van der Waals surface area contributed by atoms with Crippen molar-refractivity contribution in [3.63, 3.8) is 0 Å². The summed E-state index contributed by atoms with van der Waals surface area (Å²) in [5.74, 6) is 8.54. The minimum absolute atomic E-state index is 0.122. The van der Waals surface area contributed by atoms with Gasteiger partial charge in [0.1, 0.15) is 0 Å². The predicted molar refractivity (Wildman–Crippen MR) is 109 cm³/mol. The molecule has 1 aromatic rings. The Labute approximate surface area is 168 Å². The lowest BCUT2D eigenvalue weighted by Crippen LogP contribution is -2.46. The summed E-state index contributed by atoms with van der Waals surface area (Å²) < 4.78 is 0. The molecule has 0 heterocycles. The Morgan fingerprint density at radius 1 is 0.536 bits per heavy atom. The van der Waals surface area contributed by atoms with E-state index >= 15 is 0 Å². The van der Waals surface area contributed by atoms with E-state index in [1.165, 1.54) is 75.3 Å². The molecule has 28 heavy (non-hydrogen) atoms. The van der Waals surface area contributed by atoms with Crippen molar-refractivity contribution >= 4 is 0 Å². The summed E-state index contributed by atoms with van der Waals surface area (Å²) in [4.78, 5) is 0. The highest BCUT2D eigenvalue weighted by molar-refractivity contribution is 5.53. The molecule has 8 aliphatic carbocycles. The number of rotatable bonds is 2. The average molecular weight is 379 g/mol. The Morgan fingerprint density at radius 3 is 1.43 bits per heavy atom. The number of phenols is 2. The van der Waals surface area contributed by atoms with Crippen LogP contribution in [0, 0.1) is 47.3 Å². The van der Waals surface area contributed by atoms with Gasteiger partial charge in [-0.2, -0.15) is 0 Å². The third-order valence-electron chi connectivity index (χ3n) is 10.4. The summed E-state index contributed by atoms with van der Waals surface area (Å²) in [5.41, 5.74) is 2.67. The first-order valence-electron chi connectivity index (χ1n) is 12.2. The summed E-state index contributed by atoms with van der Waals surface area (Å²) in [5, 5.41) is 21.6. The van der Waals surface area contributed by atoms with Crippen LogP contribution in [0.4, 0.5) is 0 Å². The zero-order valence-corrected chi connectivity index (χ0v) is 16.9. The summed E-state index contributed by atoms with van der Waals surface area (Å²) >= 11 is 0. The zero-order chi connectivity index (χ0) is 18.6. The highest BCUT2D eigenvalue weighted by atomic mass is 16.3. The van der Waals surface area contributed by atoms with Crippen LogP contribution in [-0.4, -0.2) is 10.2 Å². The Balaban J connectivity index is 1.34. The zero-order valence-electron chi connectivity index (χ0n) is 16.9. The Morgan fingerprint density at radius 2 is 0.964 bits per heavy atom. The van der Waals surface area contributed by atoms with Gasteiger partial charge in [0, 0.05) is 5.56 Å². The van der Waals surface area contributed by atoms with Crippen LogP contribution in [0.25, 0.3) is 0 Å². The van der Waals surface area contributed by atoms with Crippen LogP contribution >= 0.6 is 0 Å². The molecular formula is C26H34O2. The molecule has 0 atom stereocenters. The molecule has 8 saturated carbocycles. The van der Waals surface area contributed by atoms with Gasteiger partial charge in [0.15, 0.2) is 11.5 Å². The fraction of sp³-hybridized carbons (Fsp3) is 0.769. The maximum atomic E-state index is 11.2. The third-order valence-corrected chi connectivity index (χ3v) is 10.4. The summed E-state index contributed by atoms with van der Waals surface area (Å²) in [6, 6.07) is 4.04. The summed E-state index contributed by atoms with van der Waals surface area (Å²) in [6.45, 7) is 0. The van der Waals surface area contributed by atoms with Crippen molar-refractivity contribution in [1.29, 1.82) is 0 Å². The lowest BCUT2D eigenvalue weighted by Gasteiger charge is -2.57. The lowest BCUT2D eigenvalue weighted by atomic mass is 9.48. The van der Waals surface area contributed by atoms with Gasteiger partial charge in [0.05, 0.1) is 0 Å². The van der Waals surface area contributed by atoms with E-state index in [1.807, 2.05) is 0 Å². The quantitative estimate of drug-likeness (QED) is 0.604. The van der Waals surface area contributed by atoms with Crippen molar-refractivity contribution in [3.8, 4) is 11.5 Å². The molecule has 2 heteroatoms. The molecule has 2 N–H and O–H groups in total. The molecule has 0 radical (unpaired) electrons. The number of hydrogen-bond donors (Lipinski definition) is 2. The molecule has 0 saturated heterocycles. The Kier molecular flexibility index (Phi) is 3.38. The van der Waals surface area contributed by atoms with E-state index in [1.54, 1.807) is 6.07 Å². The van der Waals surface area contributed by atoms with Crippen molar-refractivity contribution in [1.82, 2.24) is 0 Å². The van der Waals surface area contributed by atoms with E-state index in [0.717, 1.165) is 47.3 Å². The van der Waals surface area contributed by atoms with Crippen LogP contribution in [0.15, 0.2) is 12.1 Å². The predicted octanol–water partition coefficient (Wildman–Crippen LogP) is 6.18. The van der Waals surface area contributed by atoms with Crippen LogP contribution in [0.1, 0.15) is 87.2 Å². The summed E-state index contributed by atoms with van der Waals surface area (Å²) in [7, 11) is 0. The second kappa shape index (κ2) is 5.70. The first kappa shape index (κ1) is 16.6. The monoisotopic (exact) mass is 378 g/mol. The van der Waals surface area contributed by atoms with E-state index in [4.69, 9.17) is 0 Å². The third kappa shape index (κ3) is 2.21. The summed E-state index contributed by atoms with van der Waals surface area (Å²) in [6.07, 6.45) is 14.1. The number of phenolic OH excluding ortho intramolecular Hbond substituents is 2. The van der Waals surface area contributed by atoms with Gasteiger partial charge < -0.3 is 10.2 Å². The molecular weight excluding hydrogens is 344 g/mol. The van der Waals surface area contributed by atoms with E-state index in [2.05, 4.69) is 6.07 Å². The molecule has 8 bridgehead atoms. The van der Waals surface area contributed by atoms with E-state index in [0.29, 0.717) is 11.8 Å². The minimum Gasteiger partial charge on any atom is -0.504 e. The fourth-order valence-electron chi connectivity index (χ4n) is 10.1. The van der Waals surface area contributed by atoms with Gasteiger partial charge in [-0.15, -0.1) is 0 Å². The number of aromatic hydroxyl groups is 2. The van der Waals surface area contributed by atoms with E-state index in [-0.39, 0.29) is 11.5 Å². The van der Waals surface area contributed by atoms with Gasteiger partial charge in [-0.3, -0.25) is 0 Å². The van der Waals surface area contributed by atoms with Crippen LogP contribution in [0.5, 0.6) is 11.5 Å². The van der Waals surface area contributed by atoms with Gasteiger partial charge in [-0.25, -0.2) is 0 Å². The Hall–Kier alpha value is -1.18. The van der Waals surface area contributed by atoms with Crippen LogP contribution < -0.4 is 0 Å². The first-order chi connectivity index (χ1) is 13.6. The molecule has 0 amide bonds. The minimum atomic E-state index is 0.122. The second-order valence-corrected chi connectivity index (χ2v) is 11.8. The van der Waals surface area contributed by atoms with Crippen molar-refractivity contribution in [3.05, 3.63) is 23.3 Å². The fourth-order valence-corrected chi connectivity index (χ4v) is 10.1. The molecule has 8 fully saturated rings. The van der Waals surface area contributed by atoms with Gasteiger partial charge in [0.25, 0.3) is 0 Å². The van der Waals surface area contributed by atoms with Crippen LogP contribution in [0.3, 0.4) is 0 Å². The molecule has 1 aromatic carbocycles. The van der Waals surface area contributed by atoms with Gasteiger partial charge >= 0.3 is 0 Å². The maximum absolute atomic E-state index is 11.2. The standard InChI is InChI=1S/C26H34O2/c27-22-2-1-21(23-17-5-13-3-14(7-17)8-18(23)6-13)25(26(22)28)24-19-9-15-4-16(11-19)12-20(24)10-15/h1-2,13-20,23-24,27-28H,3-12H2. The Bertz CT molecular complexity index is 755. The average Bonchev–Trinajstić information content (AvgIpc) is 2.64. The molecule has 8 aliphatic rings. The molecule has 2 nitrogen and oxygen atoms in total. The van der Waals surface area contributed by atoms with Crippen molar-refractivity contribution < 1.29 is 10.2 Å². The number of benzene rings is 1. The van der Waals surface area contributed by atoms with Crippen LogP contribution in [0.2, 0.25) is 0 Å². The second-order valence-electron chi connectivity index (χ2n) is 11.8. The molecule has 0 aliphatic heterocycles. The largest absolute Gasteiger partial charge is 0.504 e. The molecule has 0 unspecified atom stereocenters. The normalized spacial score (nSPS) is 50.4. The topological polar surface area (TPSA) is 40.5 Å². The smallest absolute Gasteiger partial charge is 0.161 e. The van der Waals surface area contributed by atoms with Crippen molar-refractivity contribution in [2.75, 3.05) is 0 Å². The molecule has 0 aromatic heterocycles. The van der Waals surface area contributed by atoms with Gasteiger partial charge in [-0.1, -0.05) is 6.07 Å². The lowest BCUT2D eigenvalue weighted by molar-refractivity contribution is -0.0118. The molecule has 150 valence electrons. The SMILES string of the molecule is Oc1ccc(C2C3CC4CC(C3)CC2C4)c(C2C3CC4CC(C3)CC2C4)c1O. The van der Waals surface area contributed by atoms with Gasteiger partial charge in [-0.05, 0) is 135 Å². The number of hydrogen-bond acceptors (Lipinski definition) is 2. The van der Waals surface area contributed by atoms with Crippen LogP contribution in [-0.2, 0) is 0 Å². The highest BCUT2D eigenvalue weighted by Crippen LogP contribution is 2.65. The highest BCUT2D eigenvalue weighted by Gasteiger charge is 2.53.